The van der Waals surface area contributed by atoms with Crippen molar-refractivity contribution in [1.29, 1.82) is 0 Å². The van der Waals surface area contributed by atoms with E-state index in [0.29, 0.717) is 22.3 Å². The van der Waals surface area contributed by atoms with E-state index in [2.05, 4.69) is 10.4 Å². The lowest BCUT2D eigenvalue weighted by atomic mass is 10.3. The molecule has 0 amide bonds. The van der Waals surface area contributed by atoms with E-state index in [1.807, 2.05) is 6.92 Å². The molecule has 1 heterocycles. The Labute approximate surface area is 121 Å². The first kappa shape index (κ1) is 14.1. The summed E-state index contributed by atoms with van der Waals surface area (Å²) in [5.41, 5.74) is 1.82. The van der Waals surface area contributed by atoms with E-state index >= 15 is 0 Å². The number of hydrogen-bond donors (Lipinski definition) is 1. The van der Waals surface area contributed by atoms with Crippen molar-refractivity contribution in [1.82, 2.24) is 15.1 Å². The summed E-state index contributed by atoms with van der Waals surface area (Å²) in [6.07, 6.45) is 0. The van der Waals surface area contributed by atoms with E-state index in [4.69, 9.17) is 23.2 Å². The monoisotopic (exact) mass is 297 g/mol. The van der Waals surface area contributed by atoms with E-state index in [9.17, 15) is 4.79 Å². The lowest BCUT2D eigenvalue weighted by Gasteiger charge is -2.12. The summed E-state index contributed by atoms with van der Waals surface area (Å²) in [6.45, 7) is 2.22. The molecule has 1 N–H and O–H groups in total. The van der Waals surface area contributed by atoms with Gasteiger partial charge in [-0.15, -0.1) is 0 Å². The standard InChI is InChI=1S/C13H13Cl2N3O/c1-8-3-13(19)12(7-16-2)17-18(8)11-5-9(14)4-10(15)6-11/h3-6,16H,7H2,1-2H3. The van der Waals surface area contributed by atoms with E-state index in [-0.39, 0.29) is 5.43 Å². The molecule has 2 rings (SSSR count). The molecule has 1 aromatic heterocycles. The molecule has 0 bridgehead atoms. The summed E-state index contributed by atoms with van der Waals surface area (Å²) >= 11 is 12.0. The normalized spacial score (nSPS) is 10.7. The van der Waals surface area contributed by atoms with Gasteiger partial charge in [-0.25, -0.2) is 4.68 Å². The largest absolute Gasteiger partial charge is 0.314 e. The smallest absolute Gasteiger partial charge is 0.204 e. The fourth-order valence-corrected chi connectivity index (χ4v) is 2.31. The molecule has 19 heavy (non-hydrogen) atoms. The first-order valence-electron chi connectivity index (χ1n) is 5.72. The molecule has 0 atom stereocenters. The zero-order valence-electron chi connectivity index (χ0n) is 10.6. The van der Waals surface area contributed by atoms with Gasteiger partial charge in [0.25, 0.3) is 0 Å². The highest BCUT2D eigenvalue weighted by Gasteiger charge is 2.08. The third-order valence-electron chi connectivity index (χ3n) is 2.62. The van der Waals surface area contributed by atoms with Crippen LogP contribution in [0.25, 0.3) is 5.69 Å². The van der Waals surface area contributed by atoms with Crippen LogP contribution in [0.5, 0.6) is 0 Å². The van der Waals surface area contributed by atoms with E-state index < -0.39 is 0 Å². The van der Waals surface area contributed by atoms with Crippen molar-refractivity contribution in [2.24, 2.45) is 0 Å². The molecule has 4 nitrogen and oxygen atoms in total. The maximum atomic E-state index is 11.8. The van der Waals surface area contributed by atoms with Gasteiger partial charge in [-0.05, 0) is 32.2 Å². The Kier molecular flexibility index (Phi) is 4.24. The van der Waals surface area contributed by atoms with Crippen LogP contribution in [-0.2, 0) is 6.54 Å². The Hall–Kier alpha value is -1.36. The molecule has 2 aromatic rings. The average Bonchev–Trinajstić information content (AvgIpc) is 2.31. The van der Waals surface area contributed by atoms with E-state index in [1.165, 1.54) is 0 Å². The molecule has 0 aliphatic rings. The highest BCUT2D eigenvalue weighted by Crippen LogP contribution is 2.21. The molecular formula is C13H13Cl2N3O. The predicted octanol–water partition coefficient (Wildman–Crippen LogP) is 2.57. The molecule has 0 aliphatic carbocycles. The second-order valence-corrected chi connectivity index (χ2v) is 5.04. The fourth-order valence-electron chi connectivity index (χ4n) is 1.80. The van der Waals surface area contributed by atoms with Crippen LogP contribution < -0.4 is 10.7 Å². The summed E-state index contributed by atoms with van der Waals surface area (Å²) in [4.78, 5) is 11.8. The number of hydrogen-bond acceptors (Lipinski definition) is 3. The summed E-state index contributed by atoms with van der Waals surface area (Å²) in [6, 6.07) is 6.70. The van der Waals surface area contributed by atoms with Gasteiger partial charge in [0.1, 0.15) is 5.69 Å². The third kappa shape index (κ3) is 3.15. The fraction of sp³-hybridized carbons (Fsp3) is 0.231. The number of nitrogens with one attached hydrogen (secondary N) is 1. The maximum absolute atomic E-state index is 11.8. The van der Waals surface area contributed by atoms with Crippen LogP contribution in [0.15, 0.2) is 29.1 Å². The topological polar surface area (TPSA) is 46.9 Å². The molecule has 0 fully saturated rings. The number of rotatable bonds is 3. The number of aromatic nitrogens is 2. The van der Waals surface area contributed by atoms with Crippen molar-refractivity contribution in [2.75, 3.05) is 7.05 Å². The summed E-state index contributed by atoms with van der Waals surface area (Å²) in [5, 5.41) is 8.31. The van der Waals surface area contributed by atoms with Crippen LogP contribution in [0.1, 0.15) is 11.4 Å². The zero-order valence-corrected chi connectivity index (χ0v) is 12.1. The minimum absolute atomic E-state index is 0.0868. The van der Waals surface area contributed by atoms with Gasteiger partial charge in [-0.3, -0.25) is 4.79 Å². The molecule has 0 unspecified atom stereocenters. The van der Waals surface area contributed by atoms with Gasteiger partial charge in [0.15, 0.2) is 0 Å². The zero-order chi connectivity index (χ0) is 14.0. The van der Waals surface area contributed by atoms with Crippen LogP contribution in [0.2, 0.25) is 10.0 Å². The Morgan fingerprint density at radius 1 is 1.21 bits per heavy atom. The summed E-state index contributed by atoms with van der Waals surface area (Å²) in [5.74, 6) is 0. The first-order chi connectivity index (χ1) is 9.01. The number of halogens is 2. The minimum Gasteiger partial charge on any atom is -0.314 e. The lowest BCUT2D eigenvalue weighted by Crippen LogP contribution is -2.22. The minimum atomic E-state index is -0.0868. The van der Waals surface area contributed by atoms with Crippen molar-refractivity contribution in [3.63, 3.8) is 0 Å². The molecule has 100 valence electrons. The van der Waals surface area contributed by atoms with E-state index in [0.717, 1.165) is 11.4 Å². The lowest BCUT2D eigenvalue weighted by molar-refractivity contribution is 0.704. The van der Waals surface area contributed by atoms with Crippen molar-refractivity contribution < 1.29 is 0 Å². The van der Waals surface area contributed by atoms with Crippen LogP contribution >= 0.6 is 23.2 Å². The average molecular weight is 298 g/mol. The summed E-state index contributed by atoms with van der Waals surface area (Å²) in [7, 11) is 1.77. The highest BCUT2D eigenvalue weighted by molar-refractivity contribution is 6.34. The van der Waals surface area contributed by atoms with Crippen molar-refractivity contribution in [3.05, 3.63) is 55.9 Å². The molecule has 6 heteroatoms. The second-order valence-electron chi connectivity index (χ2n) is 4.17. The van der Waals surface area contributed by atoms with Crippen LogP contribution in [0.3, 0.4) is 0 Å². The van der Waals surface area contributed by atoms with Crippen molar-refractivity contribution in [3.8, 4) is 5.69 Å². The molecular weight excluding hydrogens is 285 g/mol. The molecule has 0 saturated heterocycles. The number of benzene rings is 1. The highest BCUT2D eigenvalue weighted by atomic mass is 35.5. The Morgan fingerprint density at radius 2 is 1.84 bits per heavy atom. The first-order valence-corrected chi connectivity index (χ1v) is 6.48. The molecule has 0 aliphatic heterocycles. The van der Waals surface area contributed by atoms with Gasteiger partial charge in [-0.1, -0.05) is 23.2 Å². The van der Waals surface area contributed by atoms with Gasteiger partial charge in [-0.2, -0.15) is 5.10 Å². The van der Waals surface area contributed by atoms with Gasteiger partial charge in [0.2, 0.25) is 5.43 Å². The number of aryl methyl sites for hydroxylation is 1. The summed E-state index contributed by atoms with van der Waals surface area (Å²) < 4.78 is 1.66. The van der Waals surface area contributed by atoms with Crippen LogP contribution in [-0.4, -0.2) is 16.8 Å². The van der Waals surface area contributed by atoms with Crippen LogP contribution in [0.4, 0.5) is 0 Å². The van der Waals surface area contributed by atoms with Gasteiger partial charge >= 0.3 is 0 Å². The van der Waals surface area contributed by atoms with Crippen molar-refractivity contribution in [2.45, 2.75) is 13.5 Å². The van der Waals surface area contributed by atoms with Gasteiger partial charge in [0, 0.05) is 28.4 Å². The molecule has 0 saturated carbocycles. The van der Waals surface area contributed by atoms with Crippen molar-refractivity contribution >= 4 is 23.2 Å². The quantitative estimate of drug-likeness (QED) is 0.947. The van der Waals surface area contributed by atoms with Crippen LogP contribution in [0, 0.1) is 6.92 Å². The Balaban J connectivity index is 2.60. The van der Waals surface area contributed by atoms with E-state index in [1.54, 1.807) is 36.0 Å². The Bertz CT molecular complexity index is 647. The third-order valence-corrected chi connectivity index (χ3v) is 3.05. The molecule has 0 spiro atoms. The van der Waals surface area contributed by atoms with Gasteiger partial charge < -0.3 is 5.32 Å². The Morgan fingerprint density at radius 3 is 2.42 bits per heavy atom. The predicted molar refractivity (Wildman–Crippen MR) is 77.4 cm³/mol. The SMILES string of the molecule is CNCc1nn(-c2cc(Cl)cc(Cl)c2)c(C)cc1=O. The second kappa shape index (κ2) is 5.74. The molecule has 1 aromatic carbocycles. The van der Waals surface area contributed by atoms with Gasteiger partial charge in [0.05, 0.1) is 5.69 Å². The maximum Gasteiger partial charge on any atom is 0.204 e. The molecule has 0 radical (unpaired) electrons. The number of nitrogens with zero attached hydrogens (tertiary/aromatic N) is 2.